The molecule has 0 saturated heterocycles. The summed E-state index contributed by atoms with van der Waals surface area (Å²) in [6, 6.07) is 5.24. The Balaban J connectivity index is 2.03. The van der Waals surface area contributed by atoms with Crippen LogP contribution in [0.5, 0.6) is 5.75 Å². The van der Waals surface area contributed by atoms with Gasteiger partial charge in [-0.05, 0) is 30.5 Å². The second kappa shape index (κ2) is 7.11. The maximum atomic E-state index is 12.0. The van der Waals surface area contributed by atoms with Crippen LogP contribution in [0.15, 0.2) is 18.2 Å². The second-order valence-corrected chi connectivity index (χ2v) is 5.23. The minimum atomic E-state index is -0.448. The van der Waals surface area contributed by atoms with Crippen molar-refractivity contribution >= 4 is 11.9 Å². The highest BCUT2D eigenvalue weighted by atomic mass is 16.5. The lowest BCUT2D eigenvalue weighted by atomic mass is 10.1. The number of rotatable bonds is 5. The van der Waals surface area contributed by atoms with E-state index in [1.54, 1.807) is 12.1 Å². The van der Waals surface area contributed by atoms with E-state index in [-0.39, 0.29) is 11.8 Å². The molecule has 2 rings (SSSR count). The summed E-state index contributed by atoms with van der Waals surface area (Å²) in [6.07, 6.45) is 4.21. The molecule has 0 bridgehead atoms. The SMILES string of the molecule is COC(=O)c1cc(CNC(=O)C2CCCC2)ccc1OC. The molecule has 0 spiro atoms. The molecule has 1 amide bonds. The fourth-order valence-electron chi connectivity index (χ4n) is 2.66. The summed E-state index contributed by atoms with van der Waals surface area (Å²) in [5.41, 5.74) is 1.22. The van der Waals surface area contributed by atoms with Crippen LogP contribution >= 0.6 is 0 Å². The summed E-state index contributed by atoms with van der Waals surface area (Å²) in [5, 5.41) is 2.93. The Bertz CT molecular complexity index is 521. The van der Waals surface area contributed by atoms with Crippen molar-refractivity contribution < 1.29 is 19.1 Å². The third-order valence-electron chi connectivity index (χ3n) is 3.86. The number of esters is 1. The lowest BCUT2D eigenvalue weighted by Crippen LogP contribution is -2.28. The van der Waals surface area contributed by atoms with Crippen LogP contribution in [0, 0.1) is 5.92 Å². The van der Waals surface area contributed by atoms with Gasteiger partial charge in [0.2, 0.25) is 5.91 Å². The van der Waals surface area contributed by atoms with Crippen LogP contribution in [-0.4, -0.2) is 26.1 Å². The van der Waals surface area contributed by atoms with Gasteiger partial charge < -0.3 is 14.8 Å². The minimum Gasteiger partial charge on any atom is -0.496 e. The van der Waals surface area contributed by atoms with E-state index in [1.165, 1.54) is 14.2 Å². The van der Waals surface area contributed by atoms with E-state index in [0.717, 1.165) is 31.2 Å². The smallest absolute Gasteiger partial charge is 0.341 e. The van der Waals surface area contributed by atoms with Crippen LogP contribution < -0.4 is 10.1 Å². The van der Waals surface area contributed by atoms with Gasteiger partial charge in [0.1, 0.15) is 11.3 Å². The first kappa shape index (κ1) is 15.4. The zero-order valence-electron chi connectivity index (χ0n) is 12.5. The number of hydrogen-bond acceptors (Lipinski definition) is 4. The number of nitrogens with one attached hydrogen (secondary N) is 1. The molecule has 0 atom stereocenters. The van der Waals surface area contributed by atoms with Crippen molar-refractivity contribution in [3.63, 3.8) is 0 Å². The zero-order chi connectivity index (χ0) is 15.2. The predicted molar refractivity (Wildman–Crippen MR) is 78.1 cm³/mol. The van der Waals surface area contributed by atoms with E-state index < -0.39 is 5.97 Å². The molecule has 1 N–H and O–H groups in total. The van der Waals surface area contributed by atoms with Crippen LogP contribution in [0.2, 0.25) is 0 Å². The van der Waals surface area contributed by atoms with Gasteiger partial charge in [-0.2, -0.15) is 0 Å². The molecule has 0 aromatic heterocycles. The molecule has 1 fully saturated rings. The van der Waals surface area contributed by atoms with Crippen molar-refractivity contribution in [1.82, 2.24) is 5.32 Å². The first-order valence-corrected chi connectivity index (χ1v) is 7.18. The van der Waals surface area contributed by atoms with E-state index in [9.17, 15) is 9.59 Å². The number of methoxy groups -OCH3 is 2. The summed E-state index contributed by atoms with van der Waals surface area (Å²) in [5.74, 6) is 0.259. The van der Waals surface area contributed by atoms with E-state index in [4.69, 9.17) is 9.47 Å². The molecule has 1 aromatic rings. The fourth-order valence-corrected chi connectivity index (χ4v) is 2.66. The highest BCUT2D eigenvalue weighted by molar-refractivity contribution is 5.92. The Morgan fingerprint density at radius 3 is 2.57 bits per heavy atom. The van der Waals surface area contributed by atoms with Gasteiger partial charge in [0, 0.05) is 12.5 Å². The minimum absolute atomic E-state index is 0.0999. The van der Waals surface area contributed by atoms with Crippen molar-refractivity contribution in [2.75, 3.05) is 14.2 Å². The molecule has 1 saturated carbocycles. The number of benzene rings is 1. The molecule has 0 aliphatic heterocycles. The molecule has 1 aromatic carbocycles. The Morgan fingerprint density at radius 1 is 1.24 bits per heavy atom. The van der Waals surface area contributed by atoms with Crippen molar-refractivity contribution in [3.8, 4) is 5.75 Å². The molecule has 21 heavy (non-hydrogen) atoms. The number of amides is 1. The predicted octanol–water partition coefficient (Wildman–Crippen LogP) is 2.29. The van der Waals surface area contributed by atoms with Crippen molar-refractivity contribution in [2.24, 2.45) is 5.92 Å². The van der Waals surface area contributed by atoms with Gasteiger partial charge in [0.15, 0.2) is 0 Å². The fraction of sp³-hybridized carbons (Fsp3) is 0.500. The molecule has 0 unspecified atom stereocenters. The normalized spacial score (nSPS) is 14.8. The van der Waals surface area contributed by atoms with Gasteiger partial charge in [0.05, 0.1) is 14.2 Å². The van der Waals surface area contributed by atoms with Gasteiger partial charge in [-0.3, -0.25) is 4.79 Å². The van der Waals surface area contributed by atoms with E-state index in [2.05, 4.69) is 5.32 Å². The first-order chi connectivity index (χ1) is 10.2. The summed E-state index contributed by atoms with van der Waals surface area (Å²) < 4.78 is 9.88. The average molecular weight is 291 g/mol. The highest BCUT2D eigenvalue weighted by Crippen LogP contribution is 2.25. The molecule has 114 valence electrons. The lowest BCUT2D eigenvalue weighted by molar-refractivity contribution is -0.124. The van der Waals surface area contributed by atoms with Crippen LogP contribution in [0.3, 0.4) is 0 Å². The first-order valence-electron chi connectivity index (χ1n) is 7.18. The molecule has 5 nitrogen and oxygen atoms in total. The molecule has 0 radical (unpaired) electrons. The quantitative estimate of drug-likeness (QED) is 0.845. The van der Waals surface area contributed by atoms with E-state index in [1.807, 2.05) is 6.07 Å². The molecule has 5 heteroatoms. The summed E-state index contributed by atoms with van der Waals surface area (Å²) >= 11 is 0. The maximum Gasteiger partial charge on any atom is 0.341 e. The van der Waals surface area contributed by atoms with Crippen LogP contribution in [0.25, 0.3) is 0 Å². The van der Waals surface area contributed by atoms with Crippen LogP contribution in [0.4, 0.5) is 0 Å². The van der Waals surface area contributed by atoms with Gasteiger partial charge in [0.25, 0.3) is 0 Å². The van der Waals surface area contributed by atoms with E-state index in [0.29, 0.717) is 17.9 Å². The standard InChI is InChI=1S/C16H21NO4/c1-20-14-8-7-11(9-13(14)16(19)21-2)10-17-15(18)12-5-3-4-6-12/h7-9,12H,3-6,10H2,1-2H3,(H,17,18). The van der Waals surface area contributed by atoms with Gasteiger partial charge in [-0.15, -0.1) is 0 Å². The number of hydrogen-bond donors (Lipinski definition) is 1. The Kier molecular flexibility index (Phi) is 5.20. The number of carbonyl (C=O) groups is 2. The van der Waals surface area contributed by atoms with Crippen LogP contribution in [-0.2, 0) is 16.1 Å². The third kappa shape index (κ3) is 3.74. The zero-order valence-corrected chi connectivity index (χ0v) is 12.5. The van der Waals surface area contributed by atoms with Crippen molar-refractivity contribution in [3.05, 3.63) is 29.3 Å². The molecular weight excluding hydrogens is 270 g/mol. The Morgan fingerprint density at radius 2 is 1.95 bits per heavy atom. The summed E-state index contributed by atoms with van der Waals surface area (Å²) in [6.45, 7) is 0.406. The average Bonchev–Trinajstić information content (AvgIpc) is 3.06. The van der Waals surface area contributed by atoms with Gasteiger partial charge >= 0.3 is 5.97 Å². The van der Waals surface area contributed by atoms with Crippen molar-refractivity contribution in [2.45, 2.75) is 32.2 Å². The van der Waals surface area contributed by atoms with Crippen molar-refractivity contribution in [1.29, 1.82) is 0 Å². The second-order valence-electron chi connectivity index (χ2n) is 5.23. The molecular formula is C16H21NO4. The number of carbonyl (C=O) groups excluding carboxylic acids is 2. The van der Waals surface area contributed by atoms with E-state index >= 15 is 0 Å². The Hall–Kier alpha value is -2.04. The van der Waals surface area contributed by atoms with Gasteiger partial charge in [-0.1, -0.05) is 18.9 Å². The largest absolute Gasteiger partial charge is 0.496 e. The van der Waals surface area contributed by atoms with Crippen LogP contribution in [0.1, 0.15) is 41.6 Å². The third-order valence-corrected chi connectivity index (χ3v) is 3.86. The molecule has 1 aliphatic carbocycles. The maximum absolute atomic E-state index is 12.0. The Labute approximate surface area is 124 Å². The monoisotopic (exact) mass is 291 g/mol. The lowest BCUT2D eigenvalue weighted by Gasteiger charge is -2.12. The molecule has 0 heterocycles. The molecule has 1 aliphatic rings. The summed E-state index contributed by atoms with van der Waals surface area (Å²) in [7, 11) is 2.83. The highest BCUT2D eigenvalue weighted by Gasteiger charge is 2.22. The summed E-state index contributed by atoms with van der Waals surface area (Å²) in [4.78, 5) is 23.7. The topological polar surface area (TPSA) is 64.6 Å². The number of ether oxygens (including phenoxy) is 2. The van der Waals surface area contributed by atoms with Gasteiger partial charge in [-0.25, -0.2) is 4.79 Å².